The monoisotopic (exact) mass is 290 g/mol. The third-order valence-corrected chi connectivity index (χ3v) is 3.00. The summed E-state index contributed by atoms with van der Waals surface area (Å²) in [7, 11) is 0. The molecule has 0 amide bonds. The van der Waals surface area contributed by atoms with Crippen molar-refractivity contribution in [1.82, 2.24) is 0 Å². The van der Waals surface area contributed by atoms with E-state index in [0.29, 0.717) is 11.3 Å². The molecule has 0 aliphatic heterocycles. The van der Waals surface area contributed by atoms with Gasteiger partial charge in [0.05, 0.1) is 0 Å². The zero-order chi connectivity index (χ0) is 14.8. The van der Waals surface area contributed by atoms with Crippen LogP contribution in [0.3, 0.4) is 0 Å². The van der Waals surface area contributed by atoms with Crippen molar-refractivity contribution in [3.63, 3.8) is 0 Å². The van der Waals surface area contributed by atoms with Crippen molar-refractivity contribution in [3.8, 4) is 0 Å². The molecule has 0 saturated carbocycles. The molecule has 0 aliphatic carbocycles. The molecule has 1 aromatic carbocycles. The number of anilines is 1. The van der Waals surface area contributed by atoms with Crippen molar-refractivity contribution < 1.29 is 13.2 Å². The third-order valence-electron chi connectivity index (χ3n) is 2.78. The van der Waals surface area contributed by atoms with Gasteiger partial charge in [0, 0.05) is 17.3 Å². The molecule has 6 heteroatoms. The zero-order valence-electron chi connectivity index (χ0n) is 11.1. The maximum Gasteiger partial charge on any atom is 0.405 e. The Morgan fingerprint density at radius 2 is 1.95 bits per heavy atom. The number of rotatable bonds is 4. The fourth-order valence-corrected chi connectivity index (χ4v) is 2.10. The molecule has 1 aromatic rings. The van der Waals surface area contributed by atoms with Gasteiger partial charge in [-0.05, 0) is 44.5 Å². The van der Waals surface area contributed by atoms with Gasteiger partial charge in [-0.1, -0.05) is 12.2 Å². The Bertz CT molecular complexity index is 469. The summed E-state index contributed by atoms with van der Waals surface area (Å²) in [6, 6.07) is 4.71. The minimum Gasteiger partial charge on any atom is -0.389 e. The fourth-order valence-electron chi connectivity index (χ4n) is 1.87. The van der Waals surface area contributed by atoms with E-state index in [1.807, 2.05) is 0 Å². The Labute approximate surface area is 116 Å². The molecule has 0 radical (unpaired) electrons. The summed E-state index contributed by atoms with van der Waals surface area (Å²) in [6.07, 6.45) is -4.24. The molecule has 0 fully saturated rings. The lowest BCUT2D eigenvalue weighted by molar-refractivity contribution is -0.120. The van der Waals surface area contributed by atoms with E-state index in [4.69, 9.17) is 18.0 Å². The van der Waals surface area contributed by atoms with Gasteiger partial charge in [0.2, 0.25) is 0 Å². The van der Waals surface area contributed by atoms with Gasteiger partial charge in [0.25, 0.3) is 0 Å². The maximum absolute atomic E-state index is 12.6. The smallest absolute Gasteiger partial charge is 0.389 e. The predicted molar refractivity (Wildman–Crippen MR) is 75.6 cm³/mol. The van der Waals surface area contributed by atoms with Gasteiger partial charge in [-0.2, -0.15) is 13.2 Å². The summed E-state index contributed by atoms with van der Waals surface area (Å²) in [6.45, 7) is 4.26. The number of alkyl halides is 3. The van der Waals surface area contributed by atoms with Crippen molar-refractivity contribution in [3.05, 3.63) is 29.3 Å². The molecular formula is C13H17F3N2S. The normalized spacial score (nSPS) is 11.7. The van der Waals surface area contributed by atoms with Gasteiger partial charge in [0.15, 0.2) is 0 Å². The first-order valence-corrected chi connectivity index (χ1v) is 6.26. The summed E-state index contributed by atoms with van der Waals surface area (Å²) in [5.74, 6) is 0. The lowest BCUT2D eigenvalue weighted by Crippen LogP contribution is -2.39. The highest BCUT2D eigenvalue weighted by molar-refractivity contribution is 7.80. The number of hydrogen-bond acceptors (Lipinski definition) is 2. The van der Waals surface area contributed by atoms with E-state index in [1.165, 1.54) is 4.90 Å². The SMILES string of the molecule is Cc1cc(N(CC(F)(F)F)C(C)C)ccc1C(N)=S. The molecule has 0 saturated heterocycles. The van der Waals surface area contributed by atoms with Gasteiger partial charge < -0.3 is 10.6 Å². The number of halogens is 3. The highest BCUT2D eigenvalue weighted by Gasteiger charge is 2.32. The van der Waals surface area contributed by atoms with Gasteiger partial charge >= 0.3 is 6.18 Å². The Hall–Kier alpha value is -1.30. The quantitative estimate of drug-likeness (QED) is 0.862. The summed E-state index contributed by atoms with van der Waals surface area (Å²) in [5, 5.41) is 0. The van der Waals surface area contributed by atoms with Crippen LogP contribution in [0.2, 0.25) is 0 Å². The molecule has 0 atom stereocenters. The summed E-state index contributed by atoms with van der Waals surface area (Å²) < 4.78 is 37.7. The second-order valence-corrected chi connectivity index (χ2v) is 5.14. The van der Waals surface area contributed by atoms with Crippen molar-refractivity contribution in [2.75, 3.05) is 11.4 Å². The van der Waals surface area contributed by atoms with Crippen LogP contribution in [0.1, 0.15) is 25.0 Å². The van der Waals surface area contributed by atoms with Gasteiger partial charge in [-0.25, -0.2) is 0 Å². The molecule has 2 N–H and O–H groups in total. The Morgan fingerprint density at radius 1 is 1.37 bits per heavy atom. The minimum absolute atomic E-state index is 0.246. The van der Waals surface area contributed by atoms with Crippen molar-refractivity contribution in [1.29, 1.82) is 0 Å². The van der Waals surface area contributed by atoms with Gasteiger partial charge in [-0.15, -0.1) is 0 Å². The van der Waals surface area contributed by atoms with Crippen LogP contribution >= 0.6 is 12.2 Å². The van der Waals surface area contributed by atoms with Crippen LogP contribution in [0, 0.1) is 6.92 Å². The Kier molecular flexibility index (Phi) is 4.79. The zero-order valence-corrected chi connectivity index (χ0v) is 11.9. The molecule has 19 heavy (non-hydrogen) atoms. The van der Waals surface area contributed by atoms with Crippen LogP contribution in [-0.2, 0) is 0 Å². The molecule has 0 unspecified atom stereocenters. The maximum atomic E-state index is 12.6. The molecule has 2 nitrogen and oxygen atoms in total. The average molecular weight is 290 g/mol. The summed E-state index contributed by atoms with van der Waals surface area (Å²) >= 11 is 4.88. The van der Waals surface area contributed by atoms with E-state index >= 15 is 0 Å². The summed E-state index contributed by atoms with van der Waals surface area (Å²) in [5.41, 5.74) is 7.52. The lowest BCUT2D eigenvalue weighted by Gasteiger charge is -2.30. The van der Waals surface area contributed by atoms with Crippen LogP contribution in [0.15, 0.2) is 18.2 Å². The Balaban J connectivity index is 3.11. The number of nitrogens with zero attached hydrogens (tertiary/aromatic N) is 1. The van der Waals surface area contributed by atoms with Crippen LogP contribution in [-0.4, -0.2) is 23.8 Å². The predicted octanol–water partition coefficient (Wildman–Crippen LogP) is 3.41. The van der Waals surface area contributed by atoms with Crippen LogP contribution in [0.5, 0.6) is 0 Å². The number of aryl methyl sites for hydroxylation is 1. The second-order valence-electron chi connectivity index (χ2n) is 4.70. The highest BCUT2D eigenvalue weighted by Crippen LogP contribution is 2.26. The molecule has 0 spiro atoms. The van der Waals surface area contributed by atoms with E-state index in [9.17, 15) is 13.2 Å². The molecular weight excluding hydrogens is 273 g/mol. The van der Waals surface area contributed by atoms with E-state index in [0.717, 1.165) is 5.56 Å². The molecule has 1 rings (SSSR count). The van der Waals surface area contributed by atoms with Crippen LogP contribution in [0.4, 0.5) is 18.9 Å². The van der Waals surface area contributed by atoms with Gasteiger partial charge in [0.1, 0.15) is 11.5 Å². The van der Waals surface area contributed by atoms with Crippen molar-refractivity contribution >= 4 is 22.9 Å². The topological polar surface area (TPSA) is 29.3 Å². The fraction of sp³-hybridized carbons (Fsp3) is 0.462. The van der Waals surface area contributed by atoms with E-state index < -0.39 is 12.7 Å². The Morgan fingerprint density at radius 3 is 2.32 bits per heavy atom. The summed E-state index contributed by atoms with van der Waals surface area (Å²) in [4.78, 5) is 1.55. The second kappa shape index (κ2) is 5.77. The van der Waals surface area contributed by atoms with Crippen molar-refractivity contribution in [2.45, 2.75) is 33.0 Å². The first-order chi connectivity index (χ1) is 8.61. The molecule has 106 valence electrons. The number of hydrogen-bond donors (Lipinski definition) is 1. The van der Waals surface area contributed by atoms with Crippen LogP contribution < -0.4 is 10.6 Å². The minimum atomic E-state index is -4.24. The first kappa shape index (κ1) is 15.8. The highest BCUT2D eigenvalue weighted by atomic mass is 32.1. The van der Waals surface area contributed by atoms with Crippen molar-refractivity contribution in [2.24, 2.45) is 5.73 Å². The first-order valence-electron chi connectivity index (χ1n) is 5.85. The van der Waals surface area contributed by atoms with Crippen LogP contribution in [0.25, 0.3) is 0 Å². The molecule has 0 aromatic heterocycles. The average Bonchev–Trinajstić information content (AvgIpc) is 2.23. The third kappa shape index (κ3) is 4.38. The molecule has 0 heterocycles. The number of benzene rings is 1. The number of thiocarbonyl (C=S) groups is 1. The van der Waals surface area contributed by atoms with E-state index in [2.05, 4.69) is 0 Å². The molecule has 0 aliphatic rings. The standard InChI is InChI=1S/C13H17F3N2S/c1-8(2)18(7-13(14,15)16)10-4-5-11(12(17)19)9(3)6-10/h4-6,8H,7H2,1-3H3,(H2,17,19). The van der Waals surface area contributed by atoms with E-state index in [1.54, 1.807) is 39.0 Å². The van der Waals surface area contributed by atoms with Gasteiger partial charge in [-0.3, -0.25) is 0 Å². The lowest BCUT2D eigenvalue weighted by atomic mass is 10.1. The number of nitrogens with two attached hydrogens (primary N) is 1. The molecule has 0 bridgehead atoms. The van der Waals surface area contributed by atoms with E-state index in [-0.39, 0.29) is 11.0 Å². The largest absolute Gasteiger partial charge is 0.405 e.